The highest BCUT2D eigenvalue weighted by molar-refractivity contribution is 9.10. The molecule has 3 aromatic carbocycles. The highest BCUT2D eigenvalue weighted by Crippen LogP contribution is 2.33. The van der Waals surface area contributed by atoms with Gasteiger partial charge in [-0.05, 0) is 65.2 Å². The number of aliphatic hydroxyl groups excluding tert-OH is 1. The lowest BCUT2D eigenvalue weighted by Crippen LogP contribution is -2.31. The van der Waals surface area contributed by atoms with Gasteiger partial charge in [-0.3, -0.25) is 0 Å². The van der Waals surface area contributed by atoms with Gasteiger partial charge in [0, 0.05) is 11.0 Å². The Morgan fingerprint density at radius 3 is 1.89 bits per heavy atom. The molecule has 1 N–H and O–H groups in total. The van der Waals surface area contributed by atoms with Crippen LogP contribution in [0.5, 0.6) is 0 Å². The quantitative estimate of drug-likeness (QED) is 0.136. The van der Waals surface area contributed by atoms with E-state index in [0.717, 1.165) is 29.7 Å². The summed E-state index contributed by atoms with van der Waals surface area (Å²) in [5, 5.41) is 16.2. The molecule has 3 heteroatoms. The Kier molecular flexibility index (Phi) is 12.6. The number of hydrogen-bond donors (Lipinski definition) is 1. The van der Waals surface area contributed by atoms with E-state index in [0.29, 0.717) is 0 Å². The van der Waals surface area contributed by atoms with Gasteiger partial charge in [0.1, 0.15) is 0 Å². The Labute approximate surface area is 222 Å². The van der Waals surface area contributed by atoms with Crippen LogP contribution in [0.15, 0.2) is 53.0 Å². The number of hydrogen-bond acceptors (Lipinski definition) is 2. The molecule has 1 unspecified atom stereocenters. The van der Waals surface area contributed by atoms with Crippen molar-refractivity contribution in [1.82, 2.24) is 4.90 Å². The van der Waals surface area contributed by atoms with Crippen molar-refractivity contribution in [3.05, 3.63) is 58.6 Å². The fourth-order valence-electron chi connectivity index (χ4n) is 5.16. The van der Waals surface area contributed by atoms with Crippen molar-refractivity contribution in [2.45, 2.75) is 97.0 Å². The van der Waals surface area contributed by atoms with Crippen molar-refractivity contribution in [1.29, 1.82) is 0 Å². The molecule has 0 saturated heterocycles. The third-order valence-electron chi connectivity index (χ3n) is 7.31. The normalized spacial score (nSPS) is 12.7. The highest BCUT2D eigenvalue weighted by atomic mass is 79.9. The van der Waals surface area contributed by atoms with Crippen LogP contribution in [-0.2, 0) is 0 Å². The molecule has 35 heavy (non-hydrogen) atoms. The van der Waals surface area contributed by atoms with E-state index in [-0.39, 0.29) is 0 Å². The molecule has 2 nitrogen and oxygen atoms in total. The second kappa shape index (κ2) is 15.6. The Bertz CT molecular complexity index is 1000. The van der Waals surface area contributed by atoms with Crippen molar-refractivity contribution in [2.24, 2.45) is 0 Å². The molecule has 192 valence electrons. The topological polar surface area (TPSA) is 23.5 Å². The summed E-state index contributed by atoms with van der Waals surface area (Å²) in [5.41, 5.74) is 1.03. The lowest BCUT2D eigenvalue weighted by atomic mass is 9.98. The minimum absolute atomic E-state index is 0.456. The number of fused-ring (bicyclic) bond motifs is 3. The van der Waals surface area contributed by atoms with Gasteiger partial charge in [0.05, 0.1) is 6.10 Å². The first-order chi connectivity index (χ1) is 17.1. The number of halogens is 1. The van der Waals surface area contributed by atoms with Crippen molar-refractivity contribution in [2.75, 3.05) is 19.6 Å². The molecule has 3 rings (SSSR count). The van der Waals surface area contributed by atoms with Gasteiger partial charge in [-0.1, -0.05) is 130 Å². The molecule has 0 aliphatic rings. The second-order valence-corrected chi connectivity index (χ2v) is 11.1. The molecule has 1 atom stereocenters. The Morgan fingerprint density at radius 1 is 0.686 bits per heavy atom. The average molecular weight is 541 g/mol. The van der Waals surface area contributed by atoms with Crippen LogP contribution in [0.4, 0.5) is 0 Å². The number of rotatable bonds is 17. The zero-order valence-corrected chi connectivity index (χ0v) is 23.7. The van der Waals surface area contributed by atoms with Gasteiger partial charge in [0.15, 0.2) is 0 Å². The predicted molar refractivity (Wildman–Crippen MR) is 157 cm³/mol. The maximum atomic E-state index is 11.3. The van der Waals surface area contributed by atoms with Gasteiger partial charge < -0.3 is 10.0 Å². The van der Waals surface area contributed by atoms with Crippen molar-refractivity contribution in [3.63, 3.8) is 0 Å². The third-order valence-corrected chi connectivity index (χ3v) is 7.96. The molecule has 0 heterocycles. The van der Waals surface area contributed by atoms with E-state index >= 15 is 0 Å². The Hall–Kier alpha value is -1.42. The van der Waals surface area contributed by atoms with Gasteiger partial charge >= 0.3 is 0 Å². The Morgan fingerprint density at radius 2 is 1.26 bits per heavy atom. The van der Waals surface area contributed by atoms with Crippen LogP contribution in [0.25, 0.3) is 21.5 Å². The maximum Gasteiger partial charge on any atom is 0.0917 e. The zero-order chi connectivity index (χ0) is 24.9. The number of aliphatic hydroxyl groups is 1. The summed E-state index contributed by atoms with van der Waals surface area (Å²) in [6.07, 6.45) is 15.3. The summed E-state index contributed by atoms with van der Waals surface area (Å²) >= 11 is 3.73. The lowest BCUT2D eigenvalue weighted by Gasteiger charge is -2.25. The van der Waals surface area contributed by atoms with Gasteiger partial charge in [0.2, 0.25) is 0 Å². The van der Waals surface area contributed by atoms with E-state index in [1.54, 1.807) is 0 Å². The van der Waals surface area contributed by atoms with Gasteiger partial charge in [-0.15, -0.1) is 0 Å². The molecular weight excluding hydrogens is 494 g/mol. The van der Waals surface area contributed by atoms with Crippen LogP contribution >= 0.6 is 15.9 Å². The summed E-state index contributed by atoms with van der Waals surface area (Å²) in [4.78, 5) is 2.52. The molecule has 0 fully saturated rings. The van der Waals surface area contributed by atoms with Gasteiger partial charge in [-0.25, -0.2) is 0 Å². The fraction of sp³-hybridized carbons (Fsp3) is 0.562. The Balaban J connectivity index is 1.65. The van der Waals surface area contributed by atoms with Crippen LogP contribution < -0.4 is 0 Å². The summed E-state index contributed by atoms with van der Waals surface area (Å²) in [7, 11) is 0. The second-order valence-electron chi connectivity index (χ2n) is 10.2. The van der Waals surface area contributed by atoms with E-state index in [2.05, 4.69) is 83.2 Å². The van der Waals surface area contributed by atoms with E-state index in [9.17, 15) is 5.11 Å². The zero-order valence-electron chi connectivity index (χ0n) is 22.1. The van der Waals surface area contributed by atoms with Crippen LogP contribution in [0, 0.1) is 0 Å². The van der Waals surface area contributed by atoms with Crippen LogP contribution in [0.2, 0.25) is 0 Å². The van der Waals surface area contributed by atoms with E-state index < -0.39 is 6.10 Å². The van der Waals surface area contributed by atoms with E-state index in [1.807, 2.05) is 0 Å². The number of nitrogens with zero attached hydrogens (tertiary/aromatic N) is 1. The molecule has 0 aliphatic heterocycles. The molecule has 3 aromatic rings. The predicted octanol–water partition coefficient (Wildman–Crippen LogP) is 9.81. The molecule has 0 spiro atoms. The molecule has 0 aromatic heterocycles. The van der Waals surface area contributed by atoms with E-state index in [4.69, 9.17) is 0 Å². The standard InChI is InChI=1S/C32H46BrNO/c1-3-5-7-9-11-15-21-34(22-16-12-10-8-6-4-2)25-32(35)27-20-19-26-24-31(33)29-18-14-13-17-28(29)30(26)23-27/h13-14,17-20,23-24,32,35H,3-12,15-16,21-22,25H2,1-2H3. The minimum atomic E-state index is -0.456. The van der Waals surface area contributed by atoms with Crippen molar-refractivity contribution >= 4 is 37.5 Å². The SMILES string of the molecule is CCCCCCCCN(CCCCCCCC)CC(O)c1ccc2cc(Br)c3ccccc3c2c1. The molecule has 0 amide bonds. The molecule has 0 bridgehead atoms. The van der Waals surface area contributed by atoms with Crippen molar-refractivity contribution < 1.29 is 5.11 Å². The van der Waals surface area contributed by atoms with Gasteiger partial charge in [0.25, 0.3) is 0 Å². The molecular formula is C32H46BrNO. The first kappa shape index (κ1) is 28.2. The molecule has 0 saturated carbocycles. The van der Waals surface area contributed by atoms with Crippen molar-refractivity contribution in [3.8, 4) is 0 Å². The van der Waals surface area contributed by atoms with Gasteiger partial charge in [-0.2, -0.15) is 0 Å². The first-order valence-electron chi connectivity index (χ1n) is 14.1. The van der Waals surface area contributed by atoms with Crippen LogP contribution in [0.3, 0.4) is 0 Å². The smallest absolute Gasteiger partial charge is 0.0917 e. The largest absolute Gasteiger partial charge is 0.387 e. The first-order valence-corrected chi connectivity index (χ1v) is 14.9. The fourth-order valence-corrected chi connectivity index (χ4v) is 5.75. The minimum Gasteiger partial charge on any atom is -0.387 e. The summed E-state index contributed by atoms with van der Waals surface area (Å²) in [6.45, 7) is 7.48. The summed E-state index contributed by atoms with van der Waals surface area (Å²) in [6, 6.07) is 17.2. The van der Waals surface area contributed by atoms with Crippen LogP contribution in [-0.4, -0.2) is 29.6 Å². The third kappa shape index (κ3) is 8.88. The molecule has 0 radical (unpaired) electrons. The summed E-state index contributed by atoms with van der Waals surface area (Å²) in [5.74, 6) is 0. The monoisotopic (exact) mass is 539 g/mol. The van der Waals surface area contributed by atoms with E-state index in [1.165, 1.54) is 98.6 Å². The number of benzene rings is 3. The summed E-state index contributed by atoms with van der Waals surface area (Å²) < 4.78 is 1.12. The maximum absolute atomic E-state index is 11.3. The lowest BCUT2D eigenvalue weighted by molar-refractivity contribution is 0.110. The highest BCUT2D eigenvalue weighted by Gasteiger charge is 2.15. The number of unbranched alkanes of at least 4 members (excludes halogenated alkanes) is 10. The molecule has 0 aliphatic carbocycles. The average Bonchev–Trinajstić information content (AvgIpc) is 2.88. The van der Waals surface area contributed by atoms with Crippen LogP contribution in [0.1, 0.15) is 103 Å².